The largest absolute Gasteiger partial charge is 0.385 e. The predicted octanol–water partition coefficient (Wildman–Crippen LogP) is 1.59. The van der Waals surface area contributed by atoms with E-state index in [4.69, 9.17) is 15.2 Å². The Labute approximate surface area is 115 Å². The fraction of sp³-hybridized carbons (Fsp3) is 0.643. The summed E-state index contributed by atoms with van der Waals surface area (Å²) in [7, 11) is 3.43. The Morgan fingerprint density at radius 2 is 1.95 bits per heavy atom. The molecule has 1 aromatic rings. The molecule has 2 N–H and O–H groups in total. The zero-order valence-corrected chi connectivity index (χ0v) is 12.1. The first-order chi connectivity index (χ1) is 9.19. The highest BCUT2D eigenvalue weighted by Crippen LogP contribution is 2.15. The maximum atomic E-state index is 5.83. The lowest BCUT2D eigenvalue weighted by atomic mass is 10.1. The van der Waals surface area contributed by atoms with E-state index in [-0.39, 0.29) is 6.04 Å². The van der Waals surface area contributed by atoms with Crippen molar-refractivity contribution in [3.63, 3.8) is 0 Å². The molecule has 0 aliphatic heterocycles. The van der Waals surface area contributed by atoms with Crippen molar-refractivity contribution in [3.05, 3.63) is 23.9 Å². The summed E-state index contributed by atoms with van der Waals surface area (Å²) < 4.78 is 10.2. The average molecular weight is 267 g/mol. The van der Waals surface area contributed by atoms with Gasteiger partial charge in [0.25, 0.3) is 0 Å². The number of methoxy groups -OCH3 is 2. The number of aromatic nitrogens is 1. The summed E-state index contributed by atoms with van der Waals surface area (Å²) in [5.41, 5.74) is 6.88. The molecule has 0 aliphatic rings. The van der Waals surface area contributed by atoms with Gasteiger partial charge in [-0.25, -0.2) is 4.98 Å². The van der Waals surface area contributed by atoms with E-state index >= 15 is 0 Å². The van der Waals surface area contributed by atoms with Gasteiger partial charge in [0.1, 0.15) is 5.82 Å². The zero-order chi connectivity index (χ0) is 14.1. The number of pyridine rings is 1. The van der Waals surface area contributed by atoms with Gasteiger partial charge < -0.3 is 20.1 Å². The lowest BCUT2D eigenvalue weighted by Gasteiger charge is -2.23. The number of rotatable bonds is 9. The maximum Gasteiger partial charge on any atom is 0.128 e. The zero-order valence-electron chi connectivity index (χ0n) is 12.1. The van der Waals surface area contributed by atoms with Crippen molar-refractivity contribution in [2.45, 2.75) is 19.4 Å². The van der Waals surface area contributed by atoms with Gasteiger partial charge in [0.15, 0.2) is 0 Å². The Morgan fingerprint density at radius 3 is 2.47 bits per heavy atom. The highest BCUT2D eigenvalue weighted by molar-refractivity contribution is 5.39. The Kier molecular flexibility index (Phi) is 7.40. The van der Waals surface area contributed by atoms with Gasteiger partial charge in [-0.3, -0.25) is 0 Å². The molecule has 0 spiro atoms. The van der Waals surface area contributed by atoms with Crippen LogP contribution in [0, 0.1) is 0 Å². The Balaban J connectivity index is 2.66. The first-order valence-electron chi connectivity index (χ1n) is 6.63. The molecule has 0 unspecified atom stereocenters. The van der Waals surface area contributed by atoms with E-state index < -0.39 is 0 Å². The minimum Gasteiger partial charge on any atom is -0.385 e. The molecule has 1 aromatic heterocycles. The van der Waals surface area contributed by atoms with Crippen LogP contribution in [0.4, 0.5) is 5.82 Å². The number of anilines is 1. The molecule has 108 valence electrons. The molecule has 1 heterocycles. The van der Waals surface area contributed by atoms with E-state index in [0.717, 1.165) is 37.5 Å². The van der Waals surface area contributed by atoms with Crippen LogP contribution in [-0.2, 0) is 9.47 Å². The predicted molar refractivity (Wildman–Crippen MR) is 77.4 cm³/mol. The van der Waals surface area contributed by atoms with Crippen LogP contribution in [0.3, 0.4) is 0 Å². The number of hydrogen-bond acceptors (Lipinski definition) is 5. The lowest BCUT2D eigenvalue weighted by molar-refractivity contribution is 0.191. The number of ether oxygens (including phenoxy) is 2. The molecule has 1 rings (SSSR count). The second-order valence-corrected chi connectivity index (χ2v) is 4.56. The van der Waals surface area contributed by atoms with Crippen LogP contribution < -0.4 is 10.6 Å². The maximum absolute atomic E-state index is 5.83. The summed E-state index contributed by atoms with van der Waals surface area (Å²) in [5, 5.41) is 0. The SMILES string of the molecule is COCCCN(CCOC)c1ccc([C@H](C)N)cn1. The van der Waals surface area contributed by atoms with Gasteiger partial charge in [0.05, 0.1) is 6.61 Å². The Hall–Kier alpha value is -1.17. The molecule has 0 bridgehead atoms. The van der Waals surface area contributed by atoms with Gasteiger partial charge in [-0.1, -0.05) is 6.07 Å². The van der Waals surface area contributed by atoms with Crippen molar-refractivity contribution in [2.75, 3.05) is 45.4 Å². The molecule has 0 aliphatic carbocycles. The van der Waals surface area contributed by atoms with Crippen molar-refractivity contribution < 1.29 is 9.47 Å². The van der Waals surface area contributed by atoms with Crippen LogP contribution in [0.15, 0.2) is 18.3 Å². The van der Waals surface area contributed by atoms with Gasteiger partial charge in [0, 0.05) is 46.2 Å². The second-order valence-electron chi connectivity index (χ2n) is 4.56. The molecule has 0 radical (unpaired) electrons. The smallest absolute Gasteiger partial charge is 0.128 e. The highest BCUT2D eigenvalue weighted by Gasteiger charge is 2.08. The van der Waals surface area contributed by atoms with E-state index in [1.165, 1.54) is 0 Å². The van der Waals surface area contributed by atoms with Gasteiger partial charge in [-0.15, -0.1) is 0 Å². The van der Waals surface area contributed by atoms with Gasteiger partial charge >= 0.3 is 0 Å². The molecule has 5 nitrogen and oxygen atoms in total. The van der Waals surface area contributed by atoms with Gasteiger partial charge in [0.2, 0.25) is 0 Å². The van der Waals surface area contributed by atoms with E-state index in [9.17, 15) is 0 Å². The molecular weight excluding hydrogens is 242 g/mol. The quantitative estimate of drug-likeness (QED) is 0.688. The summed E-state index contributed by atoms with van der Waals surface area (Å²) in [5.74, 6) is 0.956. The van der Waals surface area contributed by atoms with Crippen LogP contribution in [-0.4, -0.2) is 45.5 Å². The van der Waals surface area contributed by atoms with Crippen LogP contribution in [0.1, 0.15) is 24.9 Å². The molecule has 0 saturated heterocycles. The molecule has 0 saturated carbocycles. The summed E-state index contributed by atoms with van der Waals surface area (Å²) >= 11 is 0. The van der Waals surface area contributed by atoms with Crippen molar-refractivity contribution in [2.24, 2.45) is 5.73 Å². The Morgan fingerprint density at radius 1 is 1.21 bits per heavy atom. The van der Waals surface area contributed by atoms with Crippen LogP contribution in [0.5, 0.6) is 0 Å². The molecule has 0 amide bonds. The molecule has 19 heavy (non-hydrogen) atoms. The summed E-state index contributed by atoms with van der Waals surface area (Å²) in [6.07, 6.45) is 2.81. The third-order valence-corrected chi connectivity index (χ3v) is 2.96. The standard InChI is InChI=1S/C14H25N3O2/c1-12(15)13-5-6-14(16-11-13)17(8-10-19-3)7-4-9-18-2/h5-6,11-12H,4,7-10,15H2,1-3H3/t12-/m0/s1. The molecule has 0 aromatic carbocycles. The highest BCUT2D eigenvalue weighted by atomic mass is 16.5. The molecular formula is C14H25N3O2. The van der Waals surface area contributed by atoms with Crippen LogP contribution in [0.25, 0.3) is 0 Å². The summed E-state index contributed by atoms with van der Waals surface area (Å²) in [4.78, 5) is 6.68. The number of hydrogen-bond donors (Lipinski definition) is 1. The fourth-order valence-electron chi connectivity index (χ4n) is 1.80. The first-order valence-corrected chi connectivity index (χ1v) is 6.63. The minimum absolute atomic E-state index is 0.0162. The van der Waals surface area contributed by atoms with Crippen LogP contribution >= 0.6 is 0 Å². The summed E-state index contributed by atoms with van der Waals surface area (Å²) in [6, 6.07) is 4.06. The second kappa shape index (κ2) is 8.85. The van der Waals surface area contributed by atoms with E-state index in [1.807, 2.05) is 25.3 Å². The Bertz CT molecular complexity index is 341. The third kappa shape index (κ3) is 5.55. The van der Waals surface area contributed by atoms with Crippen LogP contribution in [0.2, 0.25) is 0 Å². The average Bonchev–Trinajstić information content (AvgIpc) is 2.43. The van der Waals surface area contributed by atoms with Crippen molar-refractivity contribution >= 4 is 5.82 Å². The first kappa shape index (κ1) is 15.9. The molecule has 5 heteroatoms. The van der Waals surface area contributed by atoms with Crippen molar-refractivity contribution in [1.82, 2.24) is 4.98 Å². The topological polar surface area (TPSA) is 60.6 Å². The van der Waals surface area contributed by atoms with Gasteiger partial charge in [-0.05, 0) is 25.0 Å². The van der Waals surface area contributed by atoms with Crippen molar-refractivity contribution in [3.8, 4) is 0 Å². The number of nitrogens with zero attached hydrogens (tertiary/aromatic N) is 2. The minimum atomic E-state index is 0.0162. The van der Waals surface area contributed by atoms with E-state index in [2.05, 4.69) is 9.88 Å². The summed E-state index contributed by atoms with van der Waals surface area (Å²) in [6.45, 7) is 5.12. The van der Waals surface area contributed by atoms with E-state index in [0.29, 0.717) is 6.61 Å². The monoisotopic (exact) mass is 267 g/mol. The van der Waals surface area contributed by atoms with Crippen molar-refractivity contribution in [1.29, 1.82) is 0 Å². The third-order valence-electron chi connectivity index (χ3n) is 2.96. The normalized spacial score (nSPS) is 12.4. The molecule has 1 atom stereocenters. The fourth-order valence-corrected chi connectivity index (χ4v) is 1.80. The van der Waals surface area contributed by atoms with E-state index in [1.54, 1.807) is 14.2 Å². The molecule has 0 fully saturated rings. The lowest BCUT2D eigenvalue weighted by Crippen LogP contribution is -2.29. The number of nitrogens with two attached hydrogens (primary N) is 1. The van der Waals surface area contributed by atoms with Gasteiger partial charge in [-0.2, -0.15) is 0 Å².